The standard InChI is InChI=1S/C22H23N3O4/c1-22(2,3)16-6-10-18(11-7-16)25-20(27)14-29-21(28)15-4-8-17(9-5-15)24-19(26)12-13-23/h4-11H,12,14H2,1-3H3,(H,24,26)(H,25,27). The maximum atomic E-state index is 12.1. The van der Waals surface area contributed by atoms with E-state index < -0.39 is 24.4 Å². The molecule has 7 heteroatoms. The summed E-state index contributed by atoms with van der Waals surface area (Å²) in [4.78, 5) is 35.4. The molecule has 0 aliphatic carbocycles. The van der Waals surface area contributed by atoms with Crippen molar-refractivity contribution in [2.24, 2.45) is 0 Å². The van der Waals surface area contributed by atoms with Crippen LogP contribution >= 0.6 is 0 Å². The number of hydrogen-bond acceptors (Lipinski definition) is 5. The molecule has 0 heterocycles. The highest BCUT2D eigenvalue weighted by Crippen LogP contribution is 2.23. The van der Waals surface area contributed by atoms with Gasteiger partial charge in [0, 0.05) is 11.4 Å². The van der Waals surface area contributed by atoms with Crippen LogP contribution in [0.1, 0.15) is 43.1 Å². The van der Waals surface area contributed by atoms with Gasteiger partial charge in [-0.25, -0.2) is 4.79 Å². The average Bonchev–Trinajstić information content (AvgIpc) is 2.66. The Morgan fingerprint density at radius 3 is 1.93 bits per heavy atom. The fourth-order valence-electron chi connectivity index (χ4n) is 2.43. The molecule has 2 aromatic carbocycles. The minimum Gasteiger partial charge on any atom is -0.452 e. The van der Waals surface area contributed by atoms with Crippen molar-refractivity contribution in [1.82, 2.24) is 0 Å². The lowest BCUT2D eigenvalue weighted by molar-refractivity contribution is -0.119. The molecular weight excluding hydrogens is 370 g/mol. The zero-order valence-corrected chi connectivity index (χ0v) is 16.6. The van der Waals surface area contributed by atoms with Gasteiger partial charge in [0.15, 0.2) is 6.61 Å². The number of carbonyl (C=O) groups is 3. The summed E-state index contributed by atoms with van der Waals surface area (Å²) >= 11 is 0. The second-order valence-electron chi connectivity index (χ2n) is 7.41. The Morgan fingerprint density at radius 1 is 0.897 bits per heavy atom. The van der Waals surface area contributed by atoms with Crippen molar-refractivity contribution in [3.8, 4) is 6.07 Å². The van der Waals surface area contributed by atoms with Crippen molar-refractivity contribution in [2.45, 2.75) is 32.6 Å². The maximum Gasteiger partial charge on any atom is 0.338 e. The number of rotatable bonds is 6. The zero-order chi connectivity index (χ0) is 21.4. The van der Waals surface area contributed by atoms with Crippen molar-refractivity contribution in [3.63, 3.8) is 0 Å². The average molecular weight is 393 g/mol. The molecule has 2 N–H and O–H groups in total. The lowest BCUT2D eigenvalue weighted by Crippen LogP contribution is -2.21. The smallest absolute Gasteiger partial charge is 0.338 e. The molecule has 0 fully saturated rings. The van der Waals surface area contributed by atoms with Gasteiger partial charge in [-0.1, -0.05) is 32.9 Å². The molecule has 150 valence electrons. The van der Waals surface area contributed by atoms with Crippen LogP contribution in [0.3, 0.4) is 0 Å². The van der Waals surface area contributed by atoms with Crippen LogP contribution in [-0.2, 0) is 19.7 Å². The van der Waals surface area contributed by atoms with Crippen molar-refractivity contribution in [3.05, 3.63) is 59.7 Å². The fraction of sp³-hybridized carbons (Fsp3) is 0.273. The Kier molecular flexibility index (Phi) is 7.10. The van der Waals surface area contributed by atoms with Gasteiger partial charge >= 0.3 is 5.97 Å². The summed E-state index contributed by atoms with van der Waals surface area (Å²) < 4.78 is 5.02. The number of ether oxygens (including phenoxy) is 1. The molecule has 0 saturated heterocycles. The van der Waals surface area contributed by atoms with Crippen LogP contribution in [0.25, 0.3) is 0 Å². The third-order valence-corrected chi connectivity index (χ3v) is 4.01. The topological polar surface area (TPSA) is 108 Å². The molecule has 2 aromatic rings. The second kappa shape index (κ2) is 9.51. The van der Waals surface area contributed by atoms with E-state index in [9.17, 15) is 14.4 Å². The maximum absolute atomic E-state index is 12.1. The predicted octanol–water partition coefficient (Wildman–Crippen LogP) is 3.63. The monoisotopic (exact) mass is 393 g/mol. The lowest BCUT2D eigenvalue weighted by atomic mass is 9.87. The van der Waals surface area contributed by atoms with Crippen LogP contribution < -0.4 is 10.6 Å². The van der Waals surface area contributed by atoms with Crippen molar-refractivity contribution in [2.75, 3.05) is 17.2 Å². The Hall–Kier alpha value is -3.66. The highest BCUT2D eigenvalue weighted by molar-refractivity contribution is 5.96. The number of carbonyl (C=O) groups excluding carboxylic acids is 3. The van der Waals surface area contributed by atoms with E-state index in [4.69, 9.17) is 10.00 Å². The molecule has 0 radical (unpaired) electrons. The van der Waals surface area contributed by atoms with Gasteiger partial charge in [0.05, 0.1) is 11.6 Å². The van der Waals surface area contributed by atoms with Crippen LogP contribution in [0.4, 0.5) is 11.4 Å². The summed E-state index contributed by atoms with van der Waals surface area (Å²) in [6.07, 6.45) is -0.252. The summed E-state index contributed by atoms with van der Waals surface area (Å²) in [5, 5.41) is 13.7. The van der Waals surface area contributed by atoms with Crippen LogP contribution in [0.15, 0.2) is 48.5 Å². The minimum atomic E-state index is -0.655. The van der Waals surface area contributed by atoms with E-state index in [2.05, 4.69) is 31.4 Å². The van der Waals surface area contributed by atoms with Crippen LogP contribution in [0.2, 0.25) is 0 Å². The first-order valence-corrected chi connectivity index (χ1v) is 9.03. The number of amides is 2. The molecule has 0 aliphatic heterocycles. The van der Waals surface area contributed by atoms with Crippen molar-refractivity contribution >= 4 is 29.2 Å². The van der Waals surface area contributed by atoms with Crippen molar-refractivity contribution < 1.29 is 19.1 Å². The molecule has 0 unspecified atom stereocenters. The normalized spacial score (nSPS) is 10.6. The van der Waals surface area contributed by atoms with Gasteiger partial charge in [-0.2, -0.15) is 5.26 Å². The quantitative estimate of drug-likeness (QED) is 0.729. The van der Waals surface area contributed by atoms with Crippen LogP contribution in [-0.4, -0.2) is 24.4 Å². The van der Waals surface area contributed by atoms with E-state index in [1.165, 1.54) is 24.3 Å². The van der Waals surface area contributed by atoms with E-state index in [0.29, 0.717) is 11.4 Å². The molecule has 0 aliphatic rings. The Bertz CT molecular complexity index is 921. The third-order valence-electron chi connectivity index (χ3n) is 4.01. The summed E-state index contributed by atoms with van der Waals surface area (Å²) in [5.41, 5.74) is 2.49. The van der Waals surface area contributed by atoms with Crippen LogP contribution in [0.5, 0.6) is 0 Å². The molecule has 29 heavy (non-hydrogen) atoms. The summed E-state index contributed by atoms with van der Waals surface area (Å²) in [7, 11) is 0. The molecule has 7 nitrogen and oxygen atoms in total. The molecule has 0 atom stereocenters. The Balaban J connectivity index is 1.84. The van der Waals surface area contributed by atoms with Gasteiger partial charge in [-0.05, 0) is 47.4 Å². The summed E-state index contributed by atoms with van der Waals surface area (Å²) in [6.45, 7) is 5.90. The first kappa shape index (κ1) is 21.6. The highest BCUT2D eigenvalue weighted by atomic mass is 16.5. The van der Waals surface area contributed by atoms with Crippen LogP contribution in [0, 0.1) is 11.3 Å². The number of nitriles is 1. The fourth-order valence-corrected chi connectivity index (χ4v) is 2.43. The predicted molar refractivity (Wildman–Crippen MR) is 109 cm³/mol. The third kappa shape index (κ3) is 6.78. The largest absolute Gasteiger partial charge is 0.452 e. The summed E-state index contributed by atoms with van der Waals surface area (Å²) in [5.74, 6) is -1.53. The molecule has 0 bridgehead atoms. The van der Waals surface area contributed by atoms with Gasteiger partial charge in [0.2, 0.25) is 5.91 Å². The summed E-state index contributed by atoms with van der Waals surface area (Å²) in [6, 6.07) is 15.2. The first-order valence-electron chi connectivity index (χ1n) is 9.03. The van der Waals surface area contributed by atoms with Gasteiger partial charge in [0.1, 0.15) is 6.42 Å². The van der Waals surface area contributed by atoms with Gasteiger partial charge in [0.25, 0.3) is 5.91 Å². The van der Waals surface area contributed by atoms with E-state index in [-0.39, 0.29) is 17.4 Å². The Morgan fingerprint density at radius 2 is 1.41 bits per heavy atom. The van der Waals surface area contributed by atoms with E-state index >= 15 is 0 Å². The number of esters is 1. The van der Waals surface area contributed by atoms with Crippen molar-refractivity contribution in [1.29, 1.82) is 5.26 Å². The SMILES string of the molecule is CC(C)(C)c1ccc(NC(=O)COC(=O)c2ccc(NC(=O)CC#N)cc2)cc1. The zero-order valence-electron chi connectivity index (χ0n) is 16.6. The minimum absolute atomic E-state index is 0.0200. The number of nitrogens with zero attached hydrogens (tertiary/aromatic N) is 1. The number of anilines is 2. The van der Waals surface area contributed by atoms with Gasteiger partial charge in [-0.3, -0.25) is 9.59 Å². The molecule has 0 spiro atoms. The second-order valence-corrected chi connectivity index (χ2v) is 7.41. The highest BCUT2D eigenvalue weighted by Gasteiger charge is 2.14. The molecule has 0 aromatic heterocycles. The van der Waals surface area contributed by atoms with E-state index in [1.54, 1.807) is 18.2 Å². The molecule has 2 amide bonds. The van der Waals surface area contributed by atoms with E-state index in [0.717, 1.165) is 5.56 Å². The molecule has 0 saturated carbocycles. The molecular formula is C22H23N3O4. The first-order chi connectivity index (χ1) is 13.7. The number of nitrogens with one attached hydrogen (secondary N) is 2. The Labute approximate surface area is 169 Å². The van der Waals surface area contributed by atoms with Gasteiger partial charge in [-0.15, -0.1) is 0 Å². The lowest BCUT2D eigenvalue weighted by Gasteiger charge is -2.19. The molecule has 2 rings (SSSR count). The number of benzene rings is 2. The number of hydrogen-bond donors (Lipinski definition) is 2. The van der Waals surface area contributed by atoms with Gasteiger partial charge < -0.3 is 15.4 Å². The van der Waals surface area contributed by atoms with E-state index in [1.807, 2.05) is 12.1 Å².